The summed E-state index contributed by atoms with van der Waals surface area (Å²) >= 11 is 0. The van der Waals surface area contributed by atoms with Crippen molar-refractivity contribution in [3.8, 4) is 0 Å². The maximum absolute atomic E-state index is 12.5. The summed E-state index contributed by atoms with van der Waals surface area (Å²) in [5.41, 5.74) is 1.56. The fourth-order valence-electron chi connectivity index (χ4n) is 3.80. The van der Waals surface area contributed by atoms with Gasteiger partial charge in [0.1, 0.15) is 0 Å². The monoisotopic (exact) mass is 386 g/mol. The molecule has 0 saturated carbocycles. The third kappa shape index (κ3) is 5.03. The van der Waals surface area contributed by atoms with Crippen molar-refractivity contribution in [2.75, 3.05) is 45.8 Å². The SMILES string of the molecule is Cc1ccccc1C(=O)NCCC(=O)N1CCN(C(=O)N2CCCCC2)CC1. The number of piperazine rings is 1. The highest BCUT2D eigenvalue weighted by molar-refractivity contribution is 5.95. The third-order valence-electron chi connectivity index (χ3n) is 5.54. The highest BCUT2D eigenvalue weighted by Gasteiger charge is 2.27. The maximum atomic E-state index is 12.5. The van der Waals surface area contributed by atoms with Gasteiger partial charge < -0.3 is 20.0 Å². The van der Waals surface area contributed by atoms with E-state index >= 15 is 0 Å². The fourth-order valence-corrected chi connectivity index (χ4v) is 3.80. The van der Waals surface area contributed by atoms with Crippen LogP contribution in [0.15, 0.2) is 24.3 Å². The van der Waals surface area contributed by atoms with E-state index in [0.717, 1.165) is 31.5 Å². The van der Waals surface area contributed by atoms with E-state index < -0.39 is 0 Å². The summed E-state index contributed by atoms with van der Waals surface area (Å²) in [5, 5.41) is 2.82. The highest BCUT2D eigenvalue weighted by Crippen LogP contribution is 2.13. The molecule has 1 aromatic rings. The zero-order valence-corrected chi connectivity index (χ0v) is 16.7. The zero-order chi connectivity index (χ0) is 19.9. The predicted octanol–water partition coefficient (Wildman–Crippen LogP) is 1.87. The van der Waals surface area contributed by atoms with Crippen LogP contribution in [-0.2, 0) is 4.79 Å². The molecule has 1 aromatic carbocycles. The number of carbonyl (C=O) groups is 3. The molecule has 0 radical (unpaired) electrons. The van der Waals surface area contributed by atoms with E-state index in [9.17, 15) is 14.4 Å². The van der Waals surface area contributed by atoms with E-state index in [1.54, 1.807) is 11.0 Å². The Kier molecular flexibility index (Phi) is 6.90. The van der Waals surface area contributed by atoms with Crippen LogP contribution in [-0.4, -0.2) is 78.4 Å². The number of benzene rings is 1. The summed E-state index contributed by atoms with van der Waals surface area (Å²) in [5.74, 6) is -0.127. The number of nitrogens with one attached hydrogen (secondary N) is 1. The smallest absolute Gasteiger partial charge is 0.320 e. The third-order valence-corrected chi connectivity index (χ3v) is 5.54. The lowest BCUT2D eigenvalue weighted by Crippen LogP contribution is -2.54. The zero-order valence-electron chi connectivity index (χ0n) is 16.7. The molecule has 2 aliphatic rings. The summed E-state index contributed by atoms with van der Waals surface area (Å²) in [6.07, 6.45) is 3.64. The summed E-state index contributed by atoms with van der Waals surface area (Å²) < 4.78 is 0. The quantitative estimate of drug-likeness (QED) is 0.859. The molecular weight excluding hydrogens is 356 g/mol. The van der Waals surface area contributed by atoms with Crippen LogP contribution >= 0.6 is 0 Å². The normalized spacial score (nSPS) is 17.4. The number of amides is 4. The Morgan fingerprint density at radius 1 is 0.857 bits per heavy atom. The van der Waals surface area contributed by atoms with Gasteiger partial charge in [-0.2, -0.15) is 0 Å². The molecule has 2 aliphatic heterocycles. The molecule has 0 unspecified atom stereocenters. The first-order valence-corrected chi connectivity index (χ1v) is 10.2. The molecule has 4 amide bonds. The second-order valence-corrected chi connectivity index (χ2v) is 7.52. The van der Waals surface area contributed by atoms with Gasteiger partial charge >= 0.3 is 6.03 Å². The van der Waals surface area contributed by atoms with Gasteiger partial charge in [0.2, 0.25) is 5.91 Å². The summed E-state index contributed by atoms with van der Waals surface area (Å²) in [6, 6.07) is 7.51. The molecule has 0 aliphatic carbocycles. The Bertz CT molecular complexity index is 707. The largest absolute Gasteiger partial charge is 0.352 e. The molecular formula is C21H30N4O3. The lowest BCUT2D eigenvalue weighted by molar-refractivity contribution is -0.132. The Morgan fingerprint density at radius 2 is 1.46 bits per heavy atom. The van der Waals surface area contributed by atoms with Gasteiger partial charge in [-0.15, -0.1) is 0 Å². The van der Waals surface area contributed by atoms with Gasteiger partial charge in [-0.25, -0.2) is 4.79 Å². The molecule has 3 rings (SSSR count). The molecule has 152 valence electrons. The minimum Gasteiger partial charge on any atom is -0.352 e. The van der Waals surface area contributed by atoms with Crippen molar-refractivity contribution in [2.45, 2.75) is 32.6 Å². The van der Waals surface area contributed by atoms with Gasteiger partial charge in [0.25, 0.3) is 5.91 Å². The van der Waals surface area contributed by atoms with E-state index in [1.165, 1.54) is 6.42 Å². The van der Waals surface area contributed by atoms with Crippen molar-refractivity contribution in [1.82, 2.24) is 20.0 Å². The van der Waals surface area contributed by atoms with E-state index in [0.29, 0.717) is 38.3 Å². The molecule has 2 fully saturated rings. The van der Waals surface area contributed by atoms with Crippen molar-refractivity contribution in [3.05, 3.63) is 35.4 Å². The van der Waals surface area contributed by atoms with Gasteiger partial charge in [0.05, 0.1) is 0 Å². The summed E-state index contributed by atoms with van der Waals surface area (Å²) in [4.78, 5) is 42.7. The van der Waals surface area contributed by atoms with Crippen LogP contribution in [0.4, 0.5) is 4.79 Å². The Labute approximate surface area is 166 Å². The average molecular weight is 386 g/mol. The van der Waals surface area contributed by atoms with Crippen molar-refractivity contribution in [1.29, 1.82) is 0 Å². The predicted molar refractivity (Wildman–Crippen MR) is 107 cm³/mol. The number of nitrogens with zero attached hydrogens (tertiary/aromatic N) is 3. The highest BCUT2D eigenvalue weighted by atomic mass is 16.2. The van der Waals surface area contributed by atoms with Crippen molar-refractivity contribution in [3.63, 3.8) is 0 Å². The molecule has 2 heterocycles. The first-order chi connectivity index (χ1) is 13.6. The molecule has 0 bridgehead atoms. The minimum absolute atomic E-state index is 0.0233. The van der Waals surface area contributed by atoms with E-state index in [1.807, 2.05) is 34.9 Å². The lowest BCUT2D eigenvalue weighted by Gasteiger charge is -2.38. The first kappa shape index (κ1) is 20.2. The number of piperidine rings is 1. The van der Waals surface area contributed by atoms with Crippen LogP contribution < -0.4 is 5.32 Å². The average Bonchev–Trinajstić information content (AvgIpc) is 2.74. The van der Waals surface area contributed by atoms with Crippen LogP contribution in [0.2, 0.25) is 0 Å². The van der Waals surface area contributed by atoms with Crippen LogP contribution in [0.3, 0.4) is 0 Å². The van der Waals surface area contributed by atoms with Crippen molar-refractivity contribution >= 4 is 17.8 Å². The maximum Gasteiger partial charge on any atom is 0.320 e. The van der Waals surface area contributed by atoms with Gasteiger partial charge in [-0.05, 0) is 37.8 Å². The van der Waals surface area contributed by atoms with Crippen molar-refractivity contribution in [2.24, 2.45) is 0 Å². The number of carbonyl (C=O) groups excluding carboxylic acids is 3. The Morgan fingerprint density at radius 3 is 2.14 bits per heavy atom. The topological polar surface area (TPSA) is 73.0 Å². The molecule has 0 atom stereocenters. The Balaban J connectivity index is 1.38. The standard InChI is InChI=1S/C21H30N4O3/c1-17-7-3-4-8-18(17)20(27)22-10-9-19(26)23-13-15-25(16-14-23)21(28)24-11-5-2-6-12-24/h3-4,7-8H,2,5-6,9-16H2,1H3,(H,22,27). The summed E-state index contributed by atoms with van der Waals surface area (Å²) in [6.45, 7) is 6.18. The van der Waals surface area contributed by atoms with Gasteiger partial charge in [0, 0.05) is 57.8 Å². The number of aryl methyl sites for hydroxylation is 1. The number of hydrogen-bond acceptors (Lipinski definition) is 3. The second-order valence-electron chi connectivity index (χ2n) is 7.52. The van der Waals surface area contributed by atoms with Crippen LogP contribution in [0.5, 0.6) is 0 Å². The molecule has 0 aromatic heterocycles. The van der Waals surface area contributed by atoms with E-state index in [-0.39, 0.29) is 24.3 Å². The lowest BCUT2D eigenvalue weighted by atomic mass is 10.1. The molecule has 2 saturated heterocycles. The number of rotatable bonds is 4. The van der Waals surface area contributed by atoms with Gasteiger partial charge in [-0.3, -0.25) is 9.59 Å². The van der Waals surface area contributed by atoms with E-state index in [4.69, 9.17) is 0 Å². The number of hydrogen-bond donors (Lipinski definition) is 1. The van der Waals surface area contributed by atoms with Crippen LogP contribution in [0.25, 0.3) is 0 Å². The number of urea groups is 1. The minimum atomic E-state index is -0.150. The van der Waals surface area contributed by atoms with E-state index in [2.05, 4.69) is 5.32 Å². The second kappa shape index (κ2) is 9.57. The molecule has 0 spiro atoms. The molecule has 7 heteroatoms. The molecule has 1 N–H and O–H groups in total. The fraction of sp³-hybridized carbons (Fsp3) is 0.571. The van der Waals surface area contributed by atoms with Crippen LogP contribution in [0.1, 0.15) is 41.6 Å². The molecule has 28 heavy (non-hydrogen) atoms. The van der Waals surface area contributed by atoms with Gasteiger partial charge in [-0.1, -0.05) is 18.2 Å². The van der Waals surface area contributed by atoms with Crippen molar-refractivity contribution < 1.29 is 14.4 Å². The summed E-state index contributed by atoms with van der Waals surface area (Å²) in [7, 11) is 0. The first-order valence-electron chi connectivity index (χ1n) is 10.2. The van der Waals surface area contributed by atoms with Gasteiger partial charge in [0.15, 0.2) is 0 Å². The van der Waals surface area contributed by atoms with Crippen LogP contribution in [0, 0.1) is 6.92 Å². The number of likely N-dealkylation sites (tertiary alicyclic amines) is 1. The molecule has 7 nitrogen and oxygen atoms in total. The Hall–Kier alpha value is -2.57.